The molecule has 0 saturated carbocycles. The van der Waals surface area contributed by atoms with Gasteiger partial charge in [-0.05, 0) is 29.9 Å². The summed E-state index contributed by atoms with van der Waals surface area (Å²) in [4.78, 5) is 8.16. The molecule has 0 aromatic carbocycles. The summed E-state index contributed by atoms with van der Waals surface area (Å²) >= 11 is 0. The maximum absolute atomic E-state index is 6.27. The Morgan fingerprint density at radius 2 is 2.06 bits per heavy atom. The van der Waals surface area contributed by atoms with Crippen molar-refractivity contribution >= 4 is 0 Å². The van der Waals surface area contributed by atoms with Crippen LogP contribution in [0.2, 0.25) is 0 Å². The molecule has 3 rings (SSSR count). The van der Waals surface area contributed by atoms with Gasteiger partial charge >= 0.3 is 0 Å². The second-order valence-corrected chi connectivity index (χ2v) is 5.84. The average Bonchev–Trinajstić information content (AvgIpc) is 2.72. The molecule has 94 valence electrons. The van der Waals surface area contributed by atoms with Gasteiger partial charge in [0.2, 0.25) is 0 Å². The first kappa shape index (κ1) is 11.4. The number of nitrogens with two attached hydrogens (primary N) is 1. The average molecular weight is 242 g/mol. The first-order chi connectivity index (χ1) is 8.57. The van der Waals surface area contributed by atoms with E-state index in [1.165, 1.54) is 11.3 Å². The van der Waals surface area contributed by atoms with Crippen molar-refractivity contribution in [2.45, 2.75) is 32.7 Å². The fraction of sp³-hybridized carbons (Fsp3) is 0.429. The van der Waals surface area contributed by atoms with E-state index >= 15 is 0 Å². The van der Waals surface area contributed by atoms with Crippen LogP contribution in [-0.2, 0) is 6.42 Å². The summed E-state index contributed by atoms with van der Waals surface area (Å²) in [5.74, 6) is 0. The molecule has 0 spiro atoms. The summed E-state index contributed by atoms with van der Waals surface area (Å²) in [6.07, 6.45) is 9.37. The van der Waals surface area contributed by atoms with Gasteiger partial charge in [-0.25, -0.2) is 9.97 Å². The minimum atomic E-state index is 0.134. The summed E-state index contributed by atoms with van der Waals surface area (Å²) < 4.78 is 2.16. The lowest BCUT2D eigenvalue weighted by Gasteiger charge is -2.34. The highest BCUT2D eigenvalue weighted by molar-refractivity contribution is 5.38. The van der Waals surface area contributed by atoms with Gasteiger partial charge in [0, 0.05) is 17.9 Å². The molecular weight excluding hydrogens is 224 g/mol. The van der Waals surface area contributed by atoms with E-state index in [0.717, 1.165) is 18.5 Å². The van der Waals surface area contributed by atoms with E-state index in [2.05, 4.69) is 40.6 Å². The Morgan fingerprint density at radius 3 is 2.78 bits per heavy atom. The molecule has 1 aliphatic rings. The molecule has 0 bridgehead atoms. The molecule has 0 radical (unpaired) electrons. The summed E-state index contributed by atoms with van der Waals surface area (Å²) in [6, 6.07) is 2.26. The summed E-state index contributed by atoms with van der Waals surface area (Å²) in [5.41, 5.74) is 10.1. The van der Waals surface area contributed by atoms with Crippen LogP contribution >= 0.6 is 0 Å². The Bertz CT molecular complexity index is 556. The van der Waals surface area contributed by atoms with Crippen LogP contribution in [0, 0.1) is 5.41 Å². The van der Waals surface area contributed by atoms with E-state index < -0.39 is 0 Å². The van der Waals surface area contributed by atoms with Crippen molar-refractivity contribution in [1.82, 2.24) is 14.5 Å². The maximum atomic E-state index is 6.27. The Morgan fingerprint density at radius 1 is 1.33 bits per heavy atom. The molecule has 0 fully saturated rings. The minimum absolute atomic E-state index is 0.134. The van der Waals surface area contributed by atoms with Gasteiger partial charge in [0.15, 0.2) is 0 Å². The molecule has 0 aliphatic heterocycles. The third-order valence-electron chi connectivity index (χ3n) is 3.67. The van der Waals surface area contributed by atoms with Crippen molar-refractivity contribution < 1.29 is 0 Å². The third kappa shape index (κ3) is 1.82. The topological polar surface area (TPSA) is 56.7 Å². The number of hydrogen-bond donors (Lipinski definition) is 1. The number of nitrogens with zero attached hydrogens (tertiary/aromatic N) is 3. The molecular formula is C14H18N4. The zero-order valence-electron chi connectivity index (χ0n) is 10.8. The molecule has 1 aliphatic carbocycles. The Kier molecular flexibility index (Phi) is 2.48. The largest absolute Gasteiger partial charge is 0.324 e. The molecule has 0 amide bonds. The molecule has 4 nitrogen and oxygen atoms in total. The first-order valence-corrected chi connectivity index (χ1v) is 6.28. The van der Waals surface area contributed by atoms with Crippen LogP contribution in [0.15, 0.2) is 31.0 Å². The van der Waals surface area contributed by atoms with Crippen LogP contribution in [0.25, 0.3) is 5.69 Å². The van der Waals surface area contributed by atoms with Crippen LogP contribution in [0.3, 0.4) is 0 Å². The first-order valence-electron chi connectivity index (χ1n) is 6.28. The van der Waals surface area contributed by atoms with E-state index in [9.17, 15) is 0 Å². The van der Waals surface area contributed by atoms with Crippen molar-refractivity contribution in [3.8, 4) is 5.69 Å². The van der Waals surface area contributed by atoms with E-state index in [0.29, 0.717) is 0 Å². The Labute approximate surface area is 107 Å². The van der Waals surface area contributed by atoms with Crippen molar-refractivity contribution in [2.24, 2.45) is 11.1 Å². The van der Waals surface area contributed by atoms with Crippen molar-refractivity contribution in [3.63, 3.8) is 0 Å². The predicted octanol–water partition coefficient (Wildman–Crippen LogP) is 2.24. The number of hydrogen-bond acceptors (Lipinski definition) is 3. The zero-order valence-corrected chi connectivity index (χ0v) is 10.8. The smallest absolute Gasteiger partial charge is 0.115 e. The van der Waals surface area contributed by atoms with Crippen LogP contribution in [0.5, 0.6) is 0 Å². The highest BCUT2D eigenvalue weighted by atomic mass is 15.0. The van der Waals surface area contributed by atoms with Gasteiger partial charge in [-0.3, -0.25) is 0 Å². The summed E-state index contributed by atoms with van der Waals surface area (Å²) in [7, 11) is 0. The van der Waals surface area contributed by atoms with Gasteiger partial charge < -0.3 is 10.3 Å². The lowest BCUT2D eigenvalue weighted by atomic mass is 9.74. The van der Waals surface area contributed by atoms with Gasteiger partial charge in [-0.1, -0.05) is 13.8 Å². The summed E-state index contributed by atoms with van der Waals surface area (Å²) in [5, 5.41) is 0. The predicted molar refractivity (Wildman–Crippen MR) is 70.4 cm³/mol. The quantitative estimate of drug-likeness (QED) is 0.834. The van der Waals surface area contributed by atoms with Crippen LogP contribution in [0.4, 0.5) is 0 Å². The zero-order chi connectivity index (χ0) is 12.8. The van der Waals surface area contributed by atoms with Gasteiger partial charge in [0.05, 0.1) is 18.1 Å². The van der Waals surface area contributed by atoms with Gasteiger partial charge in [0.25, 0.3) is 0 Å². The van der Waals surface area contributed by atoms with Crippen molar-refractivity contribution in [1.29, 1.82) is 0 Å². The fourth-order valence-electron chi connectivity index (χ4n) is 2.89. The minimum Gasteiger partial charge on any atom is -0.324 e. The highest BCUT2D eigenvalue weighted by Gasteiger charge is 2.32. The van der Waals surface area contributed by atoms with Crippen LogP contribution in [-0.4, -0.2) is 14.5 Å². The monoisotopic (exact) mass is 242 g/mol. The molecule has 1 atom stereocenters. The fourth-order valence-corrected chi connectivity index (χ4v) is 2.89. The van der Waals surface area contributed by atoms with E-state index in [1.807, 2.05) is 12.4 Å². The molecule has 18 heavy (non-hydrogen) atoms. The van der Waals surface area contributed by atoms with Gasteiger partial charge in [-0.2, -0.15) is 0 Å². The normalized spacial score (nSPS) is 21.6. The lowest BCUT2D eigenvalue weighted by Crippen LogP contribution is -2.30. The molecule has 2 N–H and O–H groups in total. The Balaban J connectivity index is 2.10. The highest BCUT2D eigenvalue weighted by Crippen LogP contribution is 2.40. The number of aromatic nitrogens is 3. The van der Waals surface area contributed by atoms with Gasteiger partial charge in [-0.15, -0.1) is 0 Å². The van der Waals surface area contributed by atoms with Gasteiger partial charge in [0.1, 0.15) is 6.33 Å². The SMILES string of the molecule is CC1(C)Cc2c(ccn2-c2cncnc2)C(N)C1. The lowest BCUT2D eigenvalue weighted by molar-refractivity contribution is 0.278. The van der Waals surface area contributed by atoms with Crippen molar-refractivity contribution in [3.05, 3.63) is 42.2 Å². The third-order valence-corrected chi connectivity index (χ3v) is 3.67. The van der Waals surface area contributed by atoms with Crippen molar-refractivity contribution in [2.75, 3.05) is 0 Å². The second-order valence-electron chi connectivity index (χ2n) is 5.84. The van der Waals surface area contributed by atoms with Crippen LogP contribution in [0.1, 0.15) is 37.6 Å². The molecule has 2 aromatic rings. The molecule has 1 unspecified atom stereocenters. The molecule has 4 heteroatoms. The van der Waals surface area contributed by atoms with E-state index in [-0.39, 0.29) is 11.5 Å². The second kappa shape index (κ2) is 3.92. The standard InChI is InChI=1S/C14H18N4/c1-14(2)5-12(15)11-3-4-18(13(11)6-14)10-7-16-9-17-8-10/h3-4,7-9,12H,5-6,15H2,1-2H3. The Hall–Kier alpha value is -1.68. The van der Waals surface area contributed by atoms with Crippen LogP contribution < -0.4 is 5.73 Å². The molecule has 2 heterocycles. The summed E-state index contributed by atoms with van der Waals surface area (Å²) in [6.45, 7) is 4.54. The number of fused-ring (bicyclic) bond motifs is 1. The number of rotatable bonds is 1. The van der Waals surface area contributed by atoms with E-state index in [4.69, 9.17) is 5.73 Å². The maximum Gasteiger partial charge on any atom is 0.115 e. The molecule has 0 saturated heterocycles. The molecule has 2 aromatic heterocycles. The van der Waals surface area contributed by atoms with E-state index in [1.54, 1.807) is 6.33 Å².